The zero-order valence-corrected chi connectivity index (χ0v) is 14.2. The second kappa shape index (κ2) is 8.06. The van der Waals surface area contributed by atoms with Crippen molar-refractivity contribution in [3.05, 3.63) is 28.8 Å². The predicted octanol–water partition coefficient (Wildman–Crippen LogP) is 1.76. The van der Waals surface area contributed by atoms with Crippen molar-refractivity contribution in [2.75, 3.05) is 39.8 Å². The average molecular weight is 340 g/mol. The number of nitrogens with zero attached hydrogens (tertiary/aromatic N) is 2. The molecule has 1 aromatic rings. The molecule has 1 fully saturated rings. The quantitative estimate of drug-likeness (QED) is 0.909. The van der Waals surface area contributed by atoms with E-state index in [2.05, 4.69) is 5.32 Å². The number of halogens is 1. The Kier molecular flexibility index (Phi) is 6.10. The van der Waals surface area contributed by atoms with Gasteiger partial charge in [-0.3, -0.25) is 4.79 Å². The van der Waals surface area contributed by atoms with E-state index in [0.29, 0.717) is 43.5 Å². The lowest BCUT2D eigenvalue weighted by atomic mass is 10.1. The minimum absolute atomic E-state index is 0.0149. The molecule has 0 unspecified atom stereocenters. The van der Waals surface area contributed by atoms with Crippen molar-refractivity contribution in [2.45, 2.75) is 13.3 Å². The summed E-state index contributed by atoms with van der Waals surface area (Å²) in [5, 5.41) is 3.35. The third-order valence-corrected chi connectivity index (χ3v) is 4.07. The number of hydrogen-bond acceptors (Lipinski definition) is 3. The van der Waals surface area contributed by atoms with Gasteiger partial charge in [0, 0.05) is 43.3 Å². The summed E-state index contributed by atoms with van der Waals surface area (Å²) in [5.41, 5.74) is 0.774. The van der Waals surface area contributed by atoms with Gasteiger partial charge in [-0.15, -0.1) is 0 Å². The fourth-order valence-electron chi connectivity index (χ4n) is 2.58. The second-order valence-electron chi connectivity index (χ2n) is 5.34. The Morgan fingerprint density at radius 2 is 1.87 bits per heavy atom. The van der Waals surface area contributed by atoms with Crippen molar-refractivity contribution in [3.63, 3.8) is 0 Å². The van der Waals surface area contributed by atoms with Crippen molar-refractivity contribution in [1.29, 1.82) is 0 Å². The molecule has 0 aromatic heterocycles. The first kappa shape index (κ1) is 17.4. The summed E-state index contributed by atoms with van der Waals surface area (Å²) in [6.07, 6.45) is 0.241. The Balaban J connectivity index is 1.93. The van der Waals surface area contributed by atoms with Gasteiger partial charge in [0.15, 0.2) is 0 Å². The monoisotopic (exact) mass is 339 g/mol. The number of nitrogens with one attached hydrogen (secondary N) is 1. The SMILES string of the molecule is CCNC(=O)N1CCN(C(=O)Cc2cc(Cl)ccc2OC)CC1. The lowest BCUT2D eigenvalue weighted by Crippen LogP contribution is -2.53. The van der Waals surface area contributed by atoms with E-state index in [9.17, 15) is 9.59 Å². The fraction of sp³-hybridized carbons (Fsp3) is 0.500. The van der Waals surface area contributed by atoms with Crippen LogP contribution in [0.25, 0.3) is 0 Å². The van der Waals surface area contributed by atoms with Gasteiger partial charge in [0.2, 0.25) is 5.91 Å². The first-order valence-electron chi connectivity index (χ1n) is 7.68. The molecular formula is C16H22ClN3O3. The van der Waals surface area contributed by atoms with Crippen LogP contribution in [0.2, 0.25) is 5.02 Å². The zero-order valence-electron chi connectivity index (χ0n) is 13.5. The number of hydrogen-bond donors (Lipinski definition) is 1. The molecule has 2 rings (SSSR count). The van der Waals surface area contributed by atoms with Gasteiger partial charge in [-0.1, -0.05) is 11.6 Å². The molecule has 0 spiro atoms. The largest absolute Gasteiger partial charge is 0.496 e. The topological polar surface area (TPSA) is 61.9 Å². The van der Waals surface area contributed by atoms with E-state index in [0.717, 1.165) is 5.56 Å². The van der Waals surface area contributed by atoms with Crippen molar-refractivity contribution >= 4 is 23.5 Å². The maximum atomic E-state index is 12.5. The summed E-state index contributed by atoms with van der Waals surface area (Å²) in [6, 6.07) is 5.18. The lowest BCUT2D eigenvalue weighted by Gasteiger charge is -2.34. The van der Waals surface area contributed by atoms with Gasteiger partial charge < -0.3 is 19.9 Å². The highest BCUT2D eigenvalue weighted by atomic mass is 35.5. The molecule has 1 saturated heterocycles. The highest BCUT2D eigenvalue weighted by Gasteiger charge is 2.24. The number of benzene rings is 1. The third-order valence-electron chi connectivity index (χ3n) is 3.83. The molecule has 126 valence electrons. The van der Waals surface area contributed by atoms with E-state index < -0.39 is 0 Å². The minimum Gasteiger partial charge on any atom is -0.496 e. The van der Waals surface area contributed by atoms with E-state index in [1.165, 1.54) is 0 Å². The molecule has 0 atom stereocenters. The Labute approximate surface area is 141 Å². The third kappa shape index (κ3) is 4.51. The van der Waals surface area contributed by atoms with Crippen LogP contribution in [-0.2, 0) is 11.2 Å². The minimum atomic E-state index is -0.0730. The van der Waals surface area contributed by atoms with Crippen molar-refractivity contribution < 1.29 is 14.3 Å². The summed E-state index contributed by atoms with van der Waals surface area (Å²) in [4.78, 5) is 27.7. The standard InChI is InChI=1S/C16H22ClN3O3/c1-3-18-16(22)20-8-6-19(7-9-20)15(21)11-12-10-13(17)4-5-14(12)23-2/h4-5,10H,3,6-9,11H2,1-2H3,(H,18,22). The van der Waals surface area contributed by atoms with E-state index in [1.807, 2.05) is 6.92 Å². The van der Waals surface area contributed by atoms with Crippen molar-refractivity contribution in [3.8, 4) is 5.75 Å². The maximum absolute atomic E-state index is 12.5. The van der Waals surface area contributed by atoms with Gasteiger partial charge in [0.05, 0.1) is 13.5 Å². The maximum Gasteiger partial charge on any atom is 0.317 e. The molecule has 7 heteroatoms. The predicted molar refractivity (Wildman–Crippen MR) is 88.9 cm³/mol. The molecule has 0 bridgehead atoms. The van der Waals surface area contributed by atoms with E-state index >= 15 is 0 Å². The number of piperazine rings is 1. The molecule has 1 N–H and O–H groups in total. The number of carbonyl (C=O) groups is 2. The summed E-state index contributed by atoms with van der Waals surface area (Å²) >= 11 is 6.00. The molecule has 1 aromatic carbocycles. The van der Waals surface area contributed by atoms with Gasteiger partial charge >= 0.3 is 6.03 Å². The Morgan fingerprint density at radius 1 is 1.22 bits per heavy atom. The molecule has 0 saturated carbocycles. The first-order valence-corrected chi connectivity index (χ1v) is 8.06. The number of methoxy groups -OCH3 is 1. The number of amides is 3. The summed E-state index contributed by atoms with van der Waals surface area (Å²) in [7, 11) is 1.57. The Morgan fingerprint density at radius 3 is 2.48 bits per heavy atom. The average Bonchev–Trinajstić information content (AvgIpc) is 2.55. The van der Waals surface area contributed by atoms with Crippen LogP contribution >= 0.6 is 11.6 Å². The normalized spacial score (nSPS) is 14.6. The second-order valence-corrected chi connectivity index (χ2v) is 5.77. The van der Waals surface area contributed by atoms with Crippen LogP contribution < -0.4 is 10.1 Å². The smallest absolute Gasteiger partial charge is 0.317 e. The highest BCUT2D eigenvalue weighted by Crippen LogP contribution is 2.23. The van der Waals surface area contributed by atoms with Gasteiger partial charge in [0.1, 0.15) is 5.75 Å². The van der Waals surface area contributed by atoms with Crippen LogP contribution in [0.1, 0.15) is 12.5 Å². The van der Waals surface area contributed by atoms with Gasteiger partial charge in [-0.25, -0.2) is 4.79 Å². The molecule has 6 nitrogen and oxygen atoms in total. The van der Waals surface area contributed by atoms with Crippen LogP contribution in [-0.4, -0.2) is 61.6 Å². The molecule has 3 amide bonds. The molecule has 23 heavy (non-hydrogen) atoms. The summed E-state index contributed by atoms with van der Waals surface area (Å²) in [5.74, 6) is 0.671. The first-order chi connectivity index (χ1) is 11.0. The molecule has 1 heterocycles. The van der Waals surface area contributed by atoms with E-state index in [-0.39, 0.29) is 18.4 Å². The zero-order chi connectivity index (χ0) is 16.8. The molecule has 0 aliphatic carbocycles. The number of rotatable bonds is 4. The van der Waals surface area contributed by atoms with Crippen LogP contribution in [0.3, 0.4) is 0 Å². The highest BCUT2D eigenvalue weighted by molar-refractivity contribution is 6.30. The van der Waals surface area contributed by atoms with Crippen LogP contribution in [0.5, 0.6) is 5.75 Å². The van der Waals surface area contributed by atoms with Crippen LogP contribution in [0, 0.1) is 0 Å². The Bertz CT molecular complexity index is 572. The van der Waals surface area contributed by atoms with E-state index in [1.54, 1.807) is 35.1 Å². The van der Waals surface area contributed by atoms with Gasteiger partial charge in [0.25, 0.3) is 0 Å². The van der Waals surface area contributed by atoms with Gasteiger partial charge in [-0.2, -0.15) is 0 Å². The summed E-state index contributed by atoms with van der Waals surface area (Å²) in [6.45, 7) is 4.66. The summed E-state index contributed by atoms with van der Waals surface area (Å²) < 4.78 is 5.27. The fourth-order valence-corrected chi connectivity index (χ4v) is 2.78. The van der Waals surface area contributed by atoms with Gasteiger partial charge in [-0.05, 0) is 25.1 Å². The molecule has 1 aliphatic rings. The number of urea groups is 1. The number of ether oxygens (including phenoxy) is 1. The van der Waals surface area contributed by atoms with E-state index in [4.69, 9.17) is 16.3 Å². The number of carbonyl (C=O) groups excluding carboxylic acids is 2. The Hall–Kier alpha value is -1.95. The van der Waals surface area contributed by atoms with Crippen LogP contribution in [0.15, 0.2) is 18.2 Å². The van der Waals surface area contributed by atoms with Crippen LogP contribution in [0.4, 0.5) is 4.79 Å². The van der Waals surface area contributed by atoms with Crippen molar-refractivity contribution in [2.24, 2.45) is 0 Å². The molecule has 1 aliphatic heterocycles. The molecular weight excluding hydrogens is 318 g/mol. The molecule has 0 radical (unpaired) electrons. The lowest BCUT2D eigenvalue weighted by molar-refractivity contribution is -0.131. The van der Waals surface area contributed by atoms with Crippen molar-refractivity contribution in [1.82, 2.24) is 15.1 Å².